The fourth-order valence-electron chi connectivity index (χ4n) is 2.89. The maximum atomic E-state index is 11.7. The van der Waals surface area contributed by atoms with Crippen LogP contribution in [0.5, 0.6) is 0 Å². The maximum absolute atomic E-state index is 11.7. The van der Waals surface area contributed by atoms with Gasteiger partial charge in [-0.1, -0.05) is 0 Å². The minimum Gasteiger partial charge on any atom is -0.408 e. The van der Waals surface area contributed by atoms with Crippen molar-refractivity contribution in [3.8, 4) is 0 Å². The number of aryl methyl sites for hydroxylation is 2. The highest BCUT2D eigenvalue weighted by Crippen LogP contribution is 2.23. The first-order chi connectivity index (χ1) is 14.7. The van der Waals surface area contributed by atoms with E-state index < -0.39 is 15.8 Å². The van der Waals surface area contributed by atoms with Crippen molar-refractivity contribution in [2.45, 2.75) is 12.7 Å². The van der Waals surface area contributed by atoms with Crippen molar-refractivity contribution in [1.29, 1.82) is 0 Å². The molecular formula is C19H19N7O4S. The first-order valence-corrected chi connectivity index (χ1v) is 10.8. The van der Waals surface area contributed by atoms with Crippen LogP contribution in [0.2, 0.25) is 0 Å². The van der Waals surface area contributed by atoms with E-state index >= 15 is 0 Å². The third-order valence-corrected chi connectivity index (χ3v) is 5.15. The summed E-state index contributed by atoms with van der Waals surface area (Å²) in [5.41, 5.74) is 3.62. The lowest BCUT2D eigenvalue weighted by Gasteiger charge is -2.11. The molecule has 0 saturated carbocycles. The Balaban J connectivity index is 1.55. The third kappa shape index (κ3) is 4.70. The molecule has 4 N–H and O–H groups in total. The summed E-state index contributed by atoms with van der Waals surface area (Å²) in [4.78, 5) is 24.5. The molecule has 0 radical (unpaired) electrons. The monoisotopic (exact) mass is 441 g/mol. The van der Waals surface area contributed by atoms with Crippen LogP contribution in [0.15, 0.2) is 51.9 Å². The molecule has 0 unspecified atom stereocenters. The van der Waals surface area contributed by atoms with Gasteiger partial charge in [-0.3, -0.25) is 9.55 Å². The number of nitrogens with zero attached hydrogens (tertiary/aromatic N) is 4. The van der Waals surface area contributed by atoms with Crippen LogP contribution < -0.4 is 21.5 Å². The summed E-state index contributed by atoms with van der Waals surface area (Å²) in [7, 11) is -2.01. The minimum absolute atomic E-state index is 0.325. The van der Waals surface area contributed by atoms with Crippen molar-refractivity contribution in [1.82, 2.24) is 19.5 Å². The van der Waals surface area contributed by atoms with Gasteiger partial charge < -0.3 is 15.1 Å². The minimum atomic E-state index is -3.64. The van der Waals surface area contributed by atoms with E-state index in [2.05, 4.69) is 25.6 Å². The van der Waals surface area contributed by atoms with E-state index in [4.69, 9.17) is 9.56 Å². The van der Waals surface area contributed by atoms with Crippen molar-refractivity contribution in [3.63, 3.8) is 0 Å². The van der Waals surface area contributed by atoms with Gasteiger partial charge in [-0.05, 0) is 37.3 Å². The number of hydrogen-bond donors (Lipinski definition) is 3. The van der Waals surface area contributed by atoms with Crippen molar-refractivity contribution in [2.75, 3.05) is 10.6 Å². The van der Waals surface area contributed by atoms with Gasteiger partial charge in [0.25, 0.3) is 0 Å². The van der Waals surface area contributed by atoms with Crippen LogP contribution >= 0.6 is 0 Å². The average molecular weight is 441 g/mol. The SMILES string of the molecule is Cc1cnc(Nc2ccc(CS(N)(=O)=O)nc2)nc1Nc1ccc2oc(=O)n(C)c2c1. The molecule has 0 spiro atoms. The van der Waals surface area contributed by atoms with Crippen molar-refractivity contribution in [3.05, 3.63) is 64.5 Å². The first-order valence-electron chi connectivity index (χ1n) is 9.10. The molecule has 0 fully saturated rings. The van der Waals surface area contributed by atoms with Gasteiger partial charge in [0.2, 0.25) is 16.0 Å². The molecule has 4 rings (SSSR count). The normalized spacial score (nSPS) is 11.6. The molecule has 0 atom stereocenters. The number of anilines is 4. The van der Waals surface area contributed by atoms with E-state index in [0.29, 0.717) is 34.2 Å². The van der Waals surface area contributed by atoms with Gasteiger partial charge in [0.05, 0.1) is 23.1 Å². The lowest BCUT2D eigenvalue weighted by atomic mass is 10.2. The Labute approximate surface area is 177 Å². The predicted octanol–water partition coefficient (Wildman–Crippen LogP) is 1.90. The van der Waals surface area contributed by atoms with Gasteiger partial charge >= 0.3 is 5.76 Å². The van der Waals surface area contributed by atoms with Crippen LogP contribution in [0.1, 0.15) is 11.3 Å². The van der Waals surface area contributed by atoms with Crippen LogP contribution in [-0.2, 0) is 22.8 Å². The number of oxazole rings is 1. The van der Waals surface area contributed by atoms with E-state index in [1.54, 1.807) is 43.6 Å². The van der Waals surface area contributed by atoms with Crippen LogP contribution in [0.4, 0.5) is 23.1 Å². The van der Waals surface area contributed by atoms with Gasteiger partial charge in [-0.2, -0.15) is 4.98 Å². The van der Waals surface area contributed by atoms with Crippen molar-refractivity contribution < 1.29 is 12.8 Å². The quantitative estimate of drug-likeness (QED) is 0.406. The number of benzene rings is 1. The fourth-order valence-corrected chi connectivity index (χ4v) is 3.47. The molecular weight excluding hydrogens is 422 g/mol. The zero-order valence-electron chi connectivity index (χ0n) is 16.7. The molecule has 1 aromatic carbocycles. The second-order valence-electron chi connectivity index (χ2n) is 6.93. The number of primary sulfonamides is 1. The molecule has 3 aromatic heterocycles. The van der Waals surface area contributed by atoms with Crippen molar-refractivity contribution in [2.24, 2.45) is 12.2 Å². The average Bonchev–Trinajstić information content (AvgIpc) is 2.99. The first kappa shape index (κ1) is 20.5. The van der Waals surface area contributed by atoms with E-state index in [9.17, 15) is 13.2 Å². The molecule has 0 amide bonds. The zero-order chi connectivity index (χ0) is 22.2. The summed E-state index contributed by atoms with van der Waals surface area (Å²) in [5, 5.41) is 11.3. The fraction of sp³-hybridized carbons (Fsp3) is 0.158. The molecule has 0 aliphatic heterocycles. The highest BCUT2D eigenvalue weighted by Gasteiger charge is 2.10. The Hall–Kier alpha value is -3.77. The molecule has 12 heteroatoms. The largest absolute Gasteiger partial charge is 0.419 e. The standard InChI is InChI=1S/C19H19N7O4S/c1-11-8-22-18(24-13-3-4-14(21-9-13)10-31(20,28)29)25-17(11)23-12-5-6-16-15(7-12)26(2)19(27)30-16/h3-9H,10H2,1-2H3,(H2,20,28,29)(H2,22,23,24,25). The highest BCUT2D eigenvalue weighted by molar-refractivity contribution is 7.88. The van der Waals surface area contributed by atoms with Gasteiger partial charge in [-0.15, -0.1) is 0 Å². The van der Waals surface area contributed by atoms with E-state index in [-0.39, 0.29) is 5.75 Å². The lowest BCUT2D eigenvalue weighted by molar-refractivity contribution is 0.528. The smallest absolute Gasteiger partial charge is 0.408 e. The van der Waals surface area contributed by atoms with Gasteiger partial charge in [0, 0.05) is 24.5 Å². The van der Waals surface area contributed by atoms with Gasteiger partial charge in [0.1, 0.15) is 11.6 Å². The summed E-state index contributed by atoms with van der Waals surface area (Å²) >= 11 is 0. The van der Waals surface area contributed by atoms with E-state index in [1.807, 2.05) is 6.92 Å². The molecule has 11 nitrogen and oxygen atoms in total. The highest BCUT2D eigenvalue weighted by atomic mass is 32.2. The number of rotatable bonds is 6. The summed E-state index contributed by atoms with van der Waals surface area (Å²) in [6.45, 7) is 1.86. The Kier molecular flexibility index (Phi) is 5.17. The Morgan fingerprint density at radius 3 is 2.58 bits per heavy atom. The number of hydrogen-bond acceptors (Lipinski definition) is 9. The van der Waals surface area contributed by atoms with Crippen molar-refractivity contribution >= 4 is 44.3 Å². The zero-order valence-corrected chi connectivity index (χ0v) is 17.5. The number of pyridine rings is 1. The van der Waals surface area contributed by atoms with Crippen LogP contribution in [-0.4, -0.2) is 27.9 Å². The summed E-state index contributed by atoms with van der Waals surface area (Å²) in [6, 6.07) is 8.52. The predicted molar refractivity (Wildman–Crippen MR) is 116 cm³/mol. The topological polar surface area (TPSA) is 158 Å². The van der Waals surface area contributed by atoms with Crippen LogP contribution in [0, 0.1) is 6.92 Å². The summed E-state index contributed by atoms with van der Waals surface area (Å²) in [5.74, 6) is 0.130. The molecule has 0 aliphatic carbocycles. The second kappa shape index (κ2) is 7.81. The molecule has 31 heavy (non-hydrogen) atoms. The second-order valence-corrected chi connectivity index (χ2v) is 8.54. The number of fused-ring (bicyclic) bond motifs is 1. The van der Waals surface area contributed by atoms with Gasteiger partial charge in [-0.25, -0.2) is 23.3 Å². The molecule has 0 saturated heterocycles. The number of nitrogens with two attached hydrogens (primary N) is 1. The van der Waals surface area contributed by atoms with Crippen LogP contribution in [0.25, 0.3) is 11.1 Å². The third-order valence-electron chi connectivity index (χ3n) is 4.46. The molecule has 4 aromatic rings. The Morgan fingerprint density at radius 1 is 1.10 bits per heavy atom. The van der Waals surface area contributed by atoms with Crippen LogP contribution in [0.3, 0.4) is 0 Å². The summed E-state index contributed by atoms with van der Waals surface area (Å²) < 4.78 is 28.9. The Morgan fingerprint density at radius 2 is 1.87 bits per heavy atom. The van der Waals surface area contributed by atoms with E-state index in [1.165, 1.54) is 10.8 Å². The van der Waals surface area contributed by atoms with Gasteiger partial charge in [0.15, 0.2) is 5.58 Å². The lowest BCUT2D eigenvalue weighted by Crippen LogP contribution is -2.15. The number of aromatic nitrogens is 4. The molecule has 3 heterocycles. The Bertz CT molecular complexity index is 1430. The molecule has 0 bridgehead atoms. The number of nitrogens with one attached hydrogen (secondary N) is 2. The maximum Gasteiger partial charge on any atom is 0.419 e. The number of sulfonamides is 1. The van der Waals surface area contributed by atoms with E-state index in [0.717, 1.165) is 11.3 Å². The molecule has 160 valence electrons. The summed E-state index contributed by atoms with van der Waals surface area (Å²) in [6.07, 6.45) is 3.14. The molecule has 0 aliphatic rings.